The number of carbonyl (C=O) groups excluding carboxylic acids is 1. The Morgan fingerprint density at radius 3 is 3.00 bits per heavy atom. The molecule has 1 unspecified atom stereocenters. The number of ketones is 1. The maximum absolute atomic E-state index is 11.3. The molecule has 2 fully saturated rings. The summed E-state index contributed by atoms with van der Waals surface area (Å²) in [4.78, 5) is 20.8. The van der Waals surface area contributed by atoms with Gasteiger partial charge >= 0.3 is 0 Å². The van der Waals surface area contributed by atoms with Crippen molar-refractivity contribution < 1.29 is 4.79 Å². The normalized spacial score (nSPS) is 24.9. The maximum Gasteiger partial charge on any atom is 0.186 e. The van der Waals surface area contributed by atoms with Crippen LogP contribution in [0.1, 0.15) is 36.7 Å². The number of carbonyl (C=O) groups is 1. The van der Waals surface area contributed by atoms with Crippen molar-refractivity contribution in [1.29, 1.82) is 0 Å². The number of thiazole rings is 1. The van der Waals surface area contributed by atoms with Gasteiger partial charge < -0.3 is 4.90 Å². The zero-order valence-corrected chi connectivity index (χ0v) is 11.6. The summed E-state index contributed by atoms with van der Waals surface area (Å²) in [6.07, 6.45) is 3.84. The van der Waals surface area contributed by atoms with Crippen LogP contribution in [0.25, 0.3) is 0 Å². The lowest BCUT2D eigenvalue weighted by Gasteiger charge is -2.25. The van der Waals surface area contributed by atoms with Crippen molar-refractivity contribution in [3.8, 4) is 0 Å². The molecule has 0 N–H and O–H groups in total. The van der Waals surface area contributed by atoms with E-state index in [9.17, 15) is 4.79 Å². The quantitative estimate of drug-likeness (QED) is 0.767. The van der Waals surface area contributed by atoms with Crippen molar-refractivity contribution in [2.24, 2.45) is 0 Å². The van der Waals surface area contributed by atoms with Gasteiger partial charge in [-0.3, -0.25) is 9.69 Å². The van der Waals surface area contributed by atoms with E-state index in [2.05, 4.69) is 14.8 Å². The van der Waals surface area contributed by atoms with E-state index in [0.717, 1.165) is 18.2 Å². The molecule has 2 saturated heterocycles. The monoisotopic (exact) mass is 265 g/mol. The van der Waals surface area contributed by atoms with Gasteiger partial charge in [-0.05, 0) is 25.8 Å². The standard InChI is InChI=1S/C13H19N3OS/c1-10(17)12-9-18-13(14-12)16-7-3-6-15-5-2-4-11(15)8-16/h9,11H,2-8H2,1H3. The van der Waals surface area contributed by atoms with Crippen LogP contribution in [0.4, 0.5) is 5.13 Å². The number of nitrogens with zero attached hydrogens (tertiary/aromatic N) is 3. The van der Waals surface area contributed by atoms with Crippen LogP contribution in [-0.2, 0) is 0 Å². The molecular weight excluding hydrogens is 246 g/mol. The van der Waals surface area contributed by atoms with E-state index in [1.165, 1.54) is 32.4 Å². The number of hydrogen-bond acceptors (Lipinski definition) is 5. The summed E-state index contributed by atoms with van der Waals surface area (Å²) >= 11 is 1.60. The molecule has 3 heterocycles. The zero-order valence-electron chi connectivity index (χ0n) is 10.8. The first kappa shape index (κ1) is 12.1. The van der Waals surface area contributed by atoms with E-state index in [4.69, 9.17) is 0 Å². The number of rotatable bonds is 2. The molecule has 3 rings (SSSR count). The molecule has 0 radical (unpaired) electrons. The summed E-state index contributed by atoms with van der Waals surface area (Å²) in [5.74, 6) is 0.0646. The van der Waals surface area contributed by atoms with Crippen LogP contribution >= 0.6 is 11.3 Å². The van der Waals surface area contributed by atoms with Crippen molar-refractivity contribution in [3.63, 3.8) is 0 Å². The van der Waals surface area contributed by atoms with Crippen LogP contribution in [0.15, 0.2) is 5.38 Å². The highest BCUT2D eigenvalue weighted by molar-refractivity contribution is 7.13. The molecule has 0 bridgehead atoms. The first-order valence-corrected chi connectivity index (χ1v) is 7.57. The Hall–Kier alpha value is -0.940. The lowest BCUT2D eigenvalue weighted by Crippen LogP contribution is -2.36. The van der Waals surface area contributed by atoms with Gasteiger partial charge in [-0.1, -0.05) is 0 Å². The molecule has 1 atom stereocenters. The minimum Gasteiger partial charge on any atom is -0.346 e. The highest BCUT2D eigenvalue weighted by Crippen LogP contribution is 2.27. The van der Waals surface area contributed by atoms with Crippen LogP contribution < -0.4 is 4.90 Å². The third-order valence-electron chi connectivity index (χ3n) is 3.93. The summed E-state index contributed by atoms with van der Waals surface area (Å²) in [5, 5.41) is 2.91. The molecule has 2 aliphatic rings. The molecule has 18 heavy (non-hydrogen) atoms. The average molecular weight is 265 g/mol. The molecule has 4 nitrogen and oxygen atoms in total. The summed E-state index contributed by atoms with van der Waals surface area (Å²) in [5.41, 5.74) is 0.613. The van der Waals surface area contributed by atoms with Crippen LogP contribution in [-0.4, -0.2) is 47.9 Å². The first-order chi connectivity index (χ1) is 8.74. The largest absolute Gasteiger partial charge is 0.346 e. The summed E-state index contributed by atoms with van der Waals surface area (Å²) < 4.78 is 0. The highest BCUT2D eigenvalue weighted by atomic mass is 32.1. The molecule has 5 heteroatoms. The first-order valence-electron chi connectivity index (χ1n) is 6.69. The van der Waals surface area contributed by atoms with Gasteiger partial charge in [-0.2, -0.15) is 0 Å². The molecular formula is C13H19N3OS. The van der Waals surface area contributed by atoms with Gasteiger partial charge in [0.05, 0.1) is 0 Å². The van der Waals surface area contributed by atoms with Gasteiger partial charge in [0.2, 0.25) is 0 Å². The van der Waals surface area contributed by atoms with Crippen molar-refractivity contribution in [2.75, 3.05) is 31.1 Å². The van der Waals surface area contributed by atoms with Crippen molar-refractivity contribution >= 4 is 22.3 Å². The predicted octanol–water partition coefficient (Wildman–Crippen LogP) is 2.02. The van der Waals surface area contributed by atoms with Crippen LogP contribution in [0, 0.1) is 0 Å². The van der Waals surface area contributed by atoms with Gasteiger partial charge in [0.15, 0.2) is 10.9 Å². The fourth-order valence-corrected chi connectivity index (χ4v) is 3.85. The van der Waals surface area contributed by atoms with Gasteiger partial charge in [0, 0.05) is 38.0 Å². The second-order valence-corrected chi connectivity index (χ2v) is 6.04. The number of Topliss-reactive ketones (excluding diaryl/α,β-unsaturated/α-hetero) is 1. The number of fused-ring (bicyclic) bond motifs is 1. The second kappa shape index (κ2) is 4.97. The molecule has 1 aromatic heterocycles. The Morgan fingerprint density at radius 2 is 2.22 bits per heavy atom. The summed E-state index contributed by atoms with van der Waals surface area (Å²) in [6.45, 7) is 6.20. The minimum absolute atomic E-state index is 0.0646. The summed E-state index contributed by atoms with van der Waals surface area (Å²) in [6, 6.07) is 0.692. The Bertz CT molecular complexity index is 445. The topological polar surface area (TPSA) is 36.4 Å². The van der Waals surface area contributed by atoms with Gasteiger partial charge in [0.1, 0.15) is 5.69 Å². The van der Waals surface area contributed by atoms with E-state index >= 15 is 0 Å². The van der Waals surface area contributed by atoms with Crippen molar-refractivity contribution in [2.45, 2.75) is 32.2 Å². The van der Waals surface area contributed by atoms with E-state index < -0.39 is 0 Å². The van der Waals surface area contributed by atoms with E-state index in [1.807, 2.05) is 5.38 Å². The van der Waals surface area contributed by atoms with E-state index in [0.29, 0.717) is 11.7 Å². The van der Waals surface area contributed by atoms with Crippen molar-refractivity contribution in [1.82, 2.24) is 9.88 Å². The Labute approximate surface area is 112 Å². The molecule has 98 valence electrons. The third kappa shape index (κ3) is 2.29. The van der Waals surface area contributed by atoms with E-state index in [-0.39, 0.29) is 5.78 Å². The fraction of sp³-hybridized carbons (Fsp3) is 0.692. The number of aromatic nitrogens is 1. The van der Waals surface area contributed by atoms with Gasteiger partial charge in [-0.15, -0.1) is 11.3 Å². The van der Waals surface area contributed by atoms with Gasteiger partial charge in [0.25, 0.3) is 0 Å². The Kier molecular flexibility index (Phi) is 3.35. The molecule has 1 aromatic rings. The van der Waals surface area contributed by atoms with Crippen LogP contribution in [0.3, 0.4) is 0 Å². The van der Waals surface area contributed by atoms with E-state index in [1.54, 1.807) is 18.3 Å². The zero-order chi connectivity index (χ0) is 12.5. The number of hydrogen-bond donors (Lipinski definition) is 0. The van der Waals surface area contributed by atoms with Crippen molar-refractivity contribution in [3.05, 3.63) is 11.1 Å². The Balaban J connectivity index is 1.76. The summed E-state index contributed by atoms with van der Waals surface area (Å²) in [7, 11) is 0. The molecule has 0 aromatic carbocycles. The number of anilines is 1. The van der Waals surface area contributed by atoms with Crippen LogP contribution in [0.2, 0.25) is 0 Å². The highest BCUT2D eigenvalue weighted by Gasteiger charge is 2.29. The predicted molar refractivity (Wildman–Crippen MR) is 73.5 cm³/mol. The lowest BCUT2D eigenvalue weighted by atomic mass is 10.2. The maximum atomic E-state index is 11.3. The minimum atomic E-state index is 0.0646. The fourth-order valence-electron chi connectivity index (χ4n) is 2.95. The average Bonchev–Trinajstić information content (AvgIpc) is 2.95. The second-order valence-electron chi connectivity index (χ2n) is 5.20. The third-order valence-corrected chi connectivity index (χ3v) is 4.83. The Morgan fingerprint density at radius 1 is 1.39 bits per heavy atom. The molecule has 0 saturated carbocycles. The molecule has 0 spiro atoms. The smallest absolute Gasteiger partial charge is 0.186 e. The molecule has 2 aliphatic heterocycles. The van der Waals surface area contributed by atoms with Crippen LogP contribution in [0.5, 0.6) is 0 Å². The molecule has 0 aliphatic carbocycles. The molecule has 0 amide bonds. The van der Waals surface area contributed by atoms with Gasteiger partial charge in [-0.25, -0.2) is 4.98 Å². The SMILES string of the molecule is CC(=O)c1csc(N2CCCN3CCCC3C2)n1. The lowest BCUT2D eigenvalue weighted by molar-refractivity contribution is 0.101.